The van der Waals surface area contributed by atoms with Gasteiger partial charge in [0.25, 0.3) is 0 Å². The summed E-state index contributed by atoms with van der Waals surface area (Å²) in [5.74, 6) is -0.748. The lowest BCUT2D eigenvalue weighted by atomic mass is 10.2. The van der Waals surface area contributed by atoms with Crippen molar-refractivity contribution in [3.63, 3.8) is 0 Å². The van der Waals surface area contributed by atoms with Crippen LogP contribution < -0.4 is 4.74 Å². The van der Waals surface area contributed by atoms with Gasteiger partial charge in [0.05, 0.1) is 0 Å². The summed E-state index contributed by atoms with van der Waals surface area (Å²) in [6.45, 7) is 2.08. The third-order valence-electron chi connectivity index (χ3n) is 2.51. The topological polar surface area (TPSA) is 63.6 Å². The molecule has 0 heterocycles. The number of esters is 1. The second-order valence-corrected chi connectivity index (χ2v) is 4.17. The molecule has 0 radical (unpaired) electrons. The van der Waals surface area contributed by atoms with Gasteiger partial charge in [0.1, 0.15) is 5.75 Å². The van der Waals surface area contributed by atoms with Gasteiger partial charge in [0.2, 0.25) is 0 Å². The summed E-state index contributed by atoms with van der Waals surface area (Å²) in [6, 6.07) is 6.71. The molecule has 0 fully saturated rings. The molecule has 1 rings (SSSR count). The van der Waals surface area contributed by atoms with Gasteiger partial charge >= 0.3 is 11.9 Å². The summed E-state index contributed by atoms with van der Waals surface area (Å²) in [5, 5.41) is 8.49. The Balaban J connectivity index is 2.47. The lowest BCUT2D eigenvalue weighted by Crippen LogP contribution is -2.07. The first-order valence-corrected chi connectivity index (χ1v) is 6.33. The monoisotopic (exact) mass is 262 g/mol. The van der Waals surface area contributed by atoms with Gasteiger partial charge < -0.3 is 9.84 Å². The second-order valence-electron chi connectivity index (χ2n) is 4.17. The van der Waals surface area contributed by atoms with E-state index in [0.717, 1.165) is 30.9 Å². The van der Waals surface area contributed by atoms with Crippen LogP contribution in [0.3, 0.4) is 0 Å². The number of hydrogen-bond donors (Lipinski definition) is 1. The van der Waals surface area contributed by atoms with Crippen LogP contribution in [0.1, 0.15) is 38.2 Å². The van der Waals surface area contributed by atoms with Crippen molar-refractivity contribution in [2.75, 3.05) is 0 Å². The van der Waals surface area contributed by atoms with E-state index in [0.29, 0.717) is 12.2 Å². The zero-order chi connectivity index (χ0) is 14.1. The molecule has 0 saturated carbocycles. The Bertz CT molecular complexity index is 446. The molecular formula is C15H18O4. The molecular weight excluding hydrogens is 244 g/mol. The molecule has 0 bridgehead atoms. The molecule has 0 aliphatic rings. The average molecular weight is 262 g/mol. The number of unbranched alkanes of at least 4 members (excludes halogenated alkanes) is 2. The quantitative estimate of drug-likeness (QED) is 0.354. The number of carbonyl (C=O) groups excluding carboxylic acids is 1. The predicted molar refractivity (Wildman–Crippen MR) is 72.9 cm³/mol. The minimum absolute atomic E-state index is 0.234. The molecule has 0 saturated heterocycles. The highest BCUT2D eigenvalue weighted by molar-refractivity contribution is 5.85. The molecule has 1 aromatic carbocycles. The molecule has 4 nitrogen and oxygen atoms in total. The van der Waals surface area contributed by atoms with Gasteiger partial charge in [-0.25, -0.2) is 4.79 Å². The fourth-order valence-electron chi connectivity index (χ4n) is 1.52. The maximum atomic E-state index is 11.5. The summed E-state index contributed by atoms with van der Waals surface area (Å²) in [4.78, 5) is 21.8. The van der Waals surface area contributed by atoms with E-state index < -0.39 is 5.97 Å². The highest BCUT2D eigenvalue weighted by Gasteiger charge is 2.03. The third-order valence-corrected chi connectivity index (χ3v) is 2.51. The number of ether oxygens (including phenoxy) is 1. The van der Waals surface area contributed by atoms with E-state index in [2.05, 4.69) is 6.92 Å². The fourth-order valence-corrected chi connectivity index (χ4v) is 1.52. The second kappa shape index (κ2) is 8.08. The first-order chi connectivity index (χ1) is 9.11. The van der Waals surface area contributed by atoms with E-state index in [9.17, 15) is 9.59 Å². The van der Waals surface area contributed by atoms with Crippen molar-refractivity contribution in [1.82, 2.24) is 0 Å². The molecule has 0 amide bonds. The molecule has 102 valence electrons. The van der Waals surface area contributed by atoms with Crippen molar-refractivity contribution in [1.29, 1.82) is 0 Å². The SMILES string of the molecule is CCCCCC(=O)Oc1ccc(C=CC(=O)O)cc1. The summed E-state index contributed by atoms with van der Waals surface area (Å²) in [7, 11) is 0. The Hall–Kier alpha value is -2.10. The van der Waals surface area contributed by atoms with Gasteiger partial charge in [-0.05, 0) is 30.2 Å². The summed E-state index contributed by atoms with van der Waals surface area (Å²) >= 11 is 0. The normalized spacial score (nSPS) is 10.6. The van der Waals surface area contributed by atoms with Crippen LogP contribution in [0, 0.1) is 0 Å². The zero-order valence-corrected chi connectivity index (χ0v) is 11.0. The van der Waals surface area contributed by atoms with Crippen LogP contribution >= 0.6 is 0 Å². The van der Waals surface area contributed by atoms with Crippen molar-refractivity contribution in [3.8, 4) is 5.75 Å². The van der Waals surface area contributed by atoms with E-state index in [4.69, 9.17) is 9.84 Å². The average Bonchev–Trinajstić information content (AvgIpc) is 2.38. The van der Waals surface area contributed by atoms with Gasteiger partial charge in [0.15, 0.2) is 0 Å². The van der Waals surface area contributed by atoms with E-state index in [1.807, 2.05) is 0 Å². The Morgan fingerprint density at radius 3 is 2.47 bits per heavy atom. The van der Waals surface area contributed by atoms with Gasteiger partial charge in [0, 0.05) is 12.5 Å². The van der Waals surface area contributed by atoms with Crippen LogP contribution in [-0.2, 0) is 9.59 Å². The molecule has 0 unspecified atom stereocenters. The van der Waals surface area contributed by atoms with Gasteiger partial charge in [-0.3, -0.25) is 4.79 Å². The van der Waals surface area contributed by atoms with Crippen LogP contribution in [0.4, 0.5) is 0 Å². The standard InChI is InChI=1S/C15H18O4/c1-2-3-4-5-15(18)19-13-9-6-12(7-10-13)8-11-14(16)17/h6-11H,2-5H2,1H3,(H,16,17). The number of carboxylic acid groups (broad SMARTS) is 1. The Morgan fingerprint density at radius 1 is 1.21 bits per heavy atom. The maximum absolute atomic E-state index is 11.5. The highest BCUT2D eigenvalue weighted by atomic mass is 16.5. The number of carboxylic acids is 1. The number of benzene rings is 1. The first-order valence-electron chi connectivity index (χ1n) is 6.33. The number of aliphatic carboxylic acids is 1. The smallest absolute Gasteiger partial charge is 0.328 e. The minimum Gasteiger partial charge on any atom is -0.478 e. The molecule has 0 aliphatic carbocycles. The molecule has 0 aliphatic heterocycles. The van der Waals surface area contributed by atoms with Crippen molar-refractivity contribution >= 4 is 18.0 Å². The van der Waals surface area contributed by atoms with Crippen LogP contribution in [0.2, 0.25) is 0 Å². The molecule has 0 aromatic heterocycles. The van der Waals surface area contributed by atoms with Crippen LogP contribution in [0.5, 0.6) is 5.75 Å². The maximum Gasteiger partial charge on any atom is 0.328 e. The molecule has 19 heavy (non-hydrogen) atoms. The lowest BCUT2D eigenvalue weighted by molar-refractivity contribution is -0.134. The van der Waals surface area contributed by atoms with E-state index in [1.54, 1.807) is 24.3 Å². The summed E-state index contributed by atoms with van der Waals surface area (Å²) in [6.07, 6.45) is 5.90. The number of rotatable bonds is 7. The largest absolute Gasteiger partial charge is 0.478 e. The summed E-state index contributed by atoms with van der Waals surface area (Å²) < 4.78 is 5.16. The zero-order valence-electron chi connectivity index (χ0n) is 11.0. The Kier molecular flexibility index (Phi) is 6.36. The molecule has 0 spiro atoms. The van der Waals surface area contributed by atoms with Gasteiger partial charge in [-0.1, -0.05) is 31.9 Å². The minimum atomic E-state index is -0.994. The van der Waals surface area contributed by atoms with Crippen LogP contribution in [-0.4, -0.2) is 17.0 Å². The summed E-state index contributed by atoms with van der Waals surface area (Å²) in [5.41, 5.74) is 0.744. The van der Waals surface area contributed by atoms with Crippen molar-refractivity contribution in [2.45, 2.75) is 32.6 Å². The number of hydrogen-bond acceptors (Lipinski definition) is 3. The Labute approximate surface area is 112 Å². The van der Waals surface area contributed by atoms with Crippen LogP contribution in [0.25, 0.3) is 6.08 Å². The molecule has 1 N–H and O–H groups in total. The van der Waals surface area contributed by atoms with E-state index in [1.165, 1.54) is 6.08 Å². The van der Waals surface area contributed by atoms with Crippen molar-refractivity contribution < 1.29 is 19.4 Å². The van der Waals surface area contributed by atoms with E-state index >= 15 is 0 Å². The molecule has 4 heteroatoms. The fraction of sp³-hybridized carbons (Fsp3) is 0.333. The van der Waals surface area contributed by atoms with Gasteiger partial charge in [-0.15, -0.1) is 0 Å². The molecule has 0 atom stereocenters. The van der Waals surface area contributed by atoms with Crippen LogP contribution in [0.15, 0.2) is 30.3 Å². The van der Waals surface area contributed by atoms with Gasteiger partial charge in [-0.2, -0.15) is 0 Å². The first kappa shape index (κ1) is 15.0. The number of carbonyl (C=O) groups is 2. The third kappa shape index (κ3) is 6.41. The predicted octanol–water partition coefficient (Wildman–Crippen LogP) is 3.27. The highest BCUT2D eigenvalue weighted by Crippen LogP contribution is 2.14. The lowest BCUT2D eigenvalue weighted by Gasteiger charge is -2.04. The van der Waals surface area contributed by atoms with Crippen molar-refractivity contribution in [3.05, 3.63) is 35.9 Å². The Morgan fingerprint density at radius 2 is 1.89 bits per heavy atom. The van der Waals surface area contributed by atoms with E-state index in [-0.39, 0.29) is 5.97 Å². The molecule has 1 aromatic rings. The van der Waals surface area contributed by atoms with Crippen molar-refractivity contribution in [2.24, 2.45) is 0 Å².